The van der Waals surface area contributed by atoms with Gasteiger partial charge in [-0.1, -0.05) is 11.6 Å². The van der Waals surface area contributed by atoms with E-state index in [4.69, 9.17) is 26.4 Å². The number of rotatable bonds is 5. The number of carbonyl (C=O) groups is 1. The van der Waals surface area contributed by atoms with Crippen LogP contribution in [0.3, 0.4) is 0 Å². The molecule has 2 aromatic carbocycles. The first kappa shape index (κ1) is 20.0. The van der Waals surface area contributed by atoms with Crippen molar-refractivity contribution in [3.63, 3.8) is 0 Å². The lowest BCUT2D eigenvalue weighted by atomic mass is 10.1. The molecular formula is C17H13ClFN3O5S. The second kappa shape index (κ2) is 7.68. The van der Waals surface area contributed by atoms with Crippen LogP contribution in [-0.4, -0.2) is 24.5 Å². The molecule has 28 heavy (non-hydrogen) atoms. The monoisotopic (exact) mass is 425 g/mol. The van der Waals surface area contributed by atoms with E-state index in [0.717, 1.165) is 6.07 Å². The molecule has 4 N–H and O–H groups in total. The van der Waals surface area contributed by atoms with Gasteiger partial charge in [0.25, 0.3) is 5.91 Å². The molecule has 1 heterocycles. The molecule has 146 valence electrons. The number of hydrogen-bond donors (Lipinski definition) is 3. The molecule has 0 bridgehead atoms. The van der Waals surface area contributed by atoms with E-state index in [1.165, 1.54) is 41.9 Å². The molecule has 1 amide bonds. The van der Waals surface area contributed by atoms with Gasteiger partial charge in [0.05, 0.1) is 9.92 Å². The third kappa shape index (κ3) is 4.20. The van der Waals surface area contributed by atoms with E-state index < -0.39 is 21.7 Å². The number of primary sulfonamides is 1. The SMILES string of the molecule is NS(=O)(=O)c1ccc(-c2oc(CC(=O)NO)nc2-c2ccc(F)c(Cl)c2)cc1. The highest BCUT2D eigenvalue weighted by Crippen LogP contribution is 2.34. The lowest BCUT2D eigenvalue weighted by Gasteiger charge is -2.04. The molecule has 1 aromatic heterocycles. The maximum Gasteiger partial charge on any atom is 0.252 e. The number of amides is 1. The first-order valence-electron chi connectivity index (χ1n) is 7.70. The van der Waals surface area contributed by atoms with Crippen LogP contribution in [0.25, 0.3) is 22.6 Å². The van der Waals surface area contributed by atoms with E-state index in [1.807, 2.05) is 0 Å². The summed E-state index contributed by atoms with van der Waals surface area (Å²) in [5.74, 6) is -1.19. The summed E-state index contributed by atoms with van der Waals surface area (Å²) in [4.78, 5) is 15.5. The smallest absolute Gasteiger partial charge is 0.252 e. The first-order valence-corrected chi connectivity index (χ1v) is 9.63. The van der Waals surface area contributed by atoms with Gasteiger partial charge in [-0.15, -0.1) is 0 Å². The van der Waals surface area contributed by atoms with Gasteiger partial charge >= 0.3 is 0 Å². The van der Waals surface area contributed by atoms with Gasteiger partial charge in [0, 0.05) is 11.1 Å². The zero-order valence-electron chi connectivity index (χ0n) is 14.0. The van der Waals surface area contributed by atoms with E-state index in [0.29, 0.717) is 11.1 Å². The summed E-state index contributed by atoms with van der Waals surface area (Å²) < 4.78 is 42.0. The van der Waals surface area contributed by atoms with Crippen LogP contribution in [0.15, 0.2) is 51.8 Å². The highest BCUT2D eigenvalue weighted by Gasteiger charge is 2.20. The predicted octanol–water partition coefficient (Wildman–Crippen LogP) is 2.50. The quantitative estimate of drug-likeness (QED) is 0.424. The molecule has 0 aliphatic carbocycles. The normalized spacial score (nSPS) is 11.4. The average molecular weight is 426 g/mol. The van der Waals surface area contributed by atoms with Gasteiger partial charge in [0.15, 0.2) is 5.76 Å². The van der Waals surface area contributed by atoms with Crippen LogP contribution in [0.1, 0.15) is 5.89 Å². The minimum absolute atomic E-state index is 0.0208. The first-order chi connectivity index (χ1) is 13.2. The maximum atomic E-state index is 13.5. The molecule has 11 heteroatoms. The number of aromatic nitrogens is 1. The summed E-state index contributed by atoms with van der Waals surface area (Å²) in [5.41, 5.74) is 2.58. The number of carbonyl (C=O) groups excluding carboxylic acids is 1. The minimum Gasteiger partial charge on any atom is -0.439 e. The molecule has 3 rings (SSSR count). The molecule has 8 nitrogen and oxygen atoms in total. The maximum absolute atomic E-state index is 13.5. The van der Waals surface area contributed by atoms with Crippen LogP contribution >= 0.6 is 11.6 Å². The second-order valence-electron chi connectivity index (χ2n) is 5.70. The Morgan fingerprint density at radius 2 is 1.86 bits per heavy atom. The molecule has 3 aromatic rings. The third-order valence-corrected chi connectivity index (χ3v) is 4.96. The third-order valence-electron chi connectivity index (χ3n) is 3.75. The Bertz CT molecular complexity index is 1150. The molecule has 0 saturated heterocycles. The van der Waals surface area contributed by atoms with Crippen molar-refractivity contribution in [2.45, 2.75) is 11.3 Å². The van der Waals surface area contributed by atoms with Gasteiger partial charge < -0.3 is 4.42 Å². The Hall–Kier alpha value is -2.79. The molecule has 0 aliphatic heterocycles. The summed E-state index contributed by atoms with van der Waals surface area (Å²) in [6.45, 7) is 0. The van der Waals surface area contributed by atoms with Crippen molar-refractivity contribution in [2.75, 3.05) is 0 Å². The summed E-state index contributed by atoms with van der Waals surface area (Å²) in [7, 11) is -3.87. The van der Waals surface area contributed by atoms with Crippen LogP contribution < -0.4 is 10.6 Å². The van der Waals surface area contributed by atoms with Crippen molar-refractivity contribution in [1.82, 2.24) is 10.5 Å². The van der Waals surface area contributed by atoms with Crippen molar-refractivity contribution in [3.05, 3.63) is 59.2 Å². The Morgan fingerprint density at radius 1 is 1.21 bits per heavy atom. The van der Waals surface area contributed by atoms with Crippen molar-refractivity contribution in [2.24, 2.45) is 5.14 Å². The van der Waals surface area contributed by atoms with Crippen molar-refractivity contribution >= 4 is 27.5 Å². The van der Waals surface area contributed by atoms with Gasteiger partial charge in [0.1, 0.15) is 17.9 Å². The van der Waals surface area contributed by atoms with E-state index in [2.05, 4.69) is 4.98 Å². The number of sulfonamides is 1. The van der Waals surface area contributed by atoms with Gasteiger partial charge in [-0.25, -0.2) is 28.4 Å². The highest BCUT2D eigenvalue weighted by molar-refractivity contribution is 7.89. The van der Waals surface area contributed by atoms with Gasteiger partial charge in [-0.3, -0.25) is 10.0 Å². The van der Waals surface area contributed by atoms with Crippen molar-refractivity contribution < 1.29 is 27.2 Å². The molecule has 0 aliphatic rings. The fraction of sp³-hybridized carbons (Fsp3) is 0.0588. The number of nitrogens with one attached hydrogen (secondary N) is 1. The molecular weight excluding hydrogens is 413 g/mol. The predicted molar refractivity (Wildman–Crippen MR) is 97.3 cm³/mol. The summed E-state index contributed by atoms with van der Waals surface area (Å²) in [6, 6.07) is 9.39. The summed E-state index contributed by atoms with van der Waals surface area (Å²) >= 11 is 5.84. The largest absolute Gasteiger partial charge is 0.439 e. The molecule has 0 radical (unpaired) electrons. The molecule has 0 spiro atoms. The number of nitrogens with two attached hydrogens (primary N) is 1. The number of hydrogen-bond acceptors (Lipinski definition) is 6. The van der Waals surface area contributed by atoms with E-state index in [1.54, 1.807) is 0 Å². The zero-order valence-corrected chi connectivity index (χ0v) is 15.6. The average Bonchev–Trinajstić information content (AvgIpc) is 3.07. The number of benzene rings is 2. The van der Waals surface area contributed by atoms with Crippen molar-refractivity contribution in [1.29, 1.82) is 0 Å². The number of hydroxylamine groups is 1. The minimum atomic E-state index is -3.87. The molecule has 0 unspecified atom stereocenters. The Labute approximate surface area is 163 Å². The van der Waals surface area contributed by atoms with Crippen LogP contribution in [0.5, 0.6) is 0 Å². The van der Waals surface area contributed by atoms with Gasteiger partial charge in [-0.05, 0) is 42.5 Å². The number of nitrogens with zero attached hydrogens (tertiary/aromatic N) is 1. The Balaban J connectivity index is 2.12. The Kier molecular flexibility index (Phi) is 5.47. The second-order valence-corrected chi connectivity index (χ2v) is 7.66. The van der Waals surface area contributed by atoms with E-state index in [-0.39, 0.29) is 33.7 Å². The van der Waals surface area contributed by atoms with Crippen LogP contribution in [-0.2, 0) is 21.2 Å². The lowest BCUT2D eigenvalue weighted by molar-refractivity contribution is -0.128. The molecule has 0 atom stereocenters. The van der Waals surface area contributed by atoms with Crippen LogP contribution in [0, 0.1) is 5.82 Å². The standard InChI is InChI=1S/C17H13ClFN3O5S/c18-12-7-10(3-6-13(12)19)16-17(27-15(21-16)8-14(23)22-24)9-1-4-11(5-2-9)28(20,25)26/h1-7,24H,8H2,(H,22,23)(H2,20,25,26). The Morgan fingerprint density at radius 3 is 2.43 bits per heavy atom. The van der Waals surface area contributed by atoms with Gasteiger partial charge in [-0.2, -0.15) is 0 Å². The van der Waals surface area contributed by atoms with E-state index in [9.17, 15) is 17.6 Å². The van der Waals surface area contributed by atoms with Crippen molar-refractivity contribution in [3.8, 4) is 22.6 Å². The highest BCUT2D eigenvalue weighted by atomic mass is 35.5. The lowest BCUT2D eigenvalue weighted by Crippen LogP contribution is -2.20. The van der Waals surface area contributed by atoms with Crippen LogP contribution in [0.2, 0.25) is 5.02 Å². The molecule has 0 fully saturated rings. The van der Waals surface area contributed by atoms with E-state index >= 15 is 0 Å². The molecule has 0 saturated carbocycles. The summed E-state index contributed by atoms with van der Waals surface area (Å²) in [6.07, 6.45) is -0.353. The fourth-order valence-corrected chi connectivity index (χ4v) is 3.14. The zero-order chi connectivity index (χ0) is 20.5. The topological polar surface area (TPSA) is 136 Å². The summed E-state index contributed by atoms with van der Waals surface area (Å²) in [5, 5.41) is 13.6. The van der Waals surface area contributed by atoms with Gasteiger partial charge in [0.2, 0.25) is 15.9 Å². The fourth-order valence-electron chi connectivity index (χ4n) is 2.45. The number of oxazole rings is 1. The number of halogens is 2. The van der Waals surface area contributed by atoms with Crippen LogP contribution in [0.4, 0.5) is 4.39 Å².